The Morgan fingerprint density at radius 2 is 0.553 bits per heavy atom. The van der Waals surface area contributed by atoms with Crippen molar-refractivity contribution < 1.29 is 67.1 Å². The largest absolute Gasteiger partial charge is 0.524 e. The van der Waals surface area contributed by atoms with E-state index in [2.05, 4.69) is 27.7 Å². The molecule has 416 valence electrons. The van der Waals surface area contributed by atoms with Crippen LogP contribution in [-0.2, 0) is 34.8 Å². The fourth-order valence-corrected chi connectivity index (χ4v) is 11.1. The van der Waals surface area contributed by atoms with Crippen LogP contribution in [0.4, 0.5) is 0 Å². The third kappa shape index (κ3) is 19.2. The number of hydrogen-bond acceptors (Lipinski definition) is 10. The minimum absolute atomic E-state index is 0.0750. The molecule has 0 atom stereocenters. The van der Waals surface area contributed by atoms with Crippen LogP contribution in [0, 0.1) is 0 Å². The van der Waals surface area contributed by atoms with Crippen molar-refractivity contribution in [1.82, 2.24) is 0 Å². The first-order valence-electron chi connectivity index (χ1n) is 27.9. The smallest absolute Gasteiger partial charge is 0.507 e. The van der Waals surface area contributed by atoms with Gasteiger partial charge in [-0.05, 0) is 96.5 Å². The molecule has 0 amide bonds. The molecule has 4 aromatic rings. The van der Waals surface area contributed by atoms with Crippen LogP contribution in [0.25, 0.3) is 0 Å². The third-order valence-electron chi connectivity index (χ3n) is 14.3. The number of rotatable bonds is 32. The van der Waals surface area contributed by atoms with Gasteiger partial charge in [-0.15, -0.1) is 0 Å². The molecule has 0 spiro atoms. The van der Waals surface area contributed by atoms with Crippen molar-refractivity contribution in [2.75, 3.05) is 0 Å². The van der Waals surface area contributed by atoms with E-state index in [1.807, 2.05) is 0 Å². The molecule has 0 fully saturated rings. The maximum Gasteiger partial charge on any atom is 0.524 e. The van der Waals surface area contributed by atoms with Crippen molar-refractivity contribution in [3.05, 3.63) is 115 Å². The number of Topliss-reactive ketones (excluding diaryl/α,β-unsaturated/α-hetero) is 4. The topological polar surface area (TPSA) is 242 Å². The van der Waals surface area contributed by atoms with Crippen LogP contribution in [0.3, 0.4) is 0 Å². The number of hydrogen-bond donors (Lipinski definition) is 6. The summed E-state index contributed by atoms with van der Waals surface area (Å²) in [6, 6.07) is 11.8. The highest BCUT2D eigenvalue weighted by molar-refractivity contribution is 7.47. The molecule has 76 heavy (non-hydrogen) atoms. The van der Waals surface area contributed by atoms with Crippen LogP contribution in [0.5, 0.6) is 23.0 Å². The molecule has 0 unspecified atom stereocenters. The Morgan fingerprint density at radius 1 is 0.355 bits per heavy atom. The Hall–Kier alpha value is -4.94. The summed E-state index contributed by atoms with van der Waals surface area (Å²) in [5.74, 6) is -2.38. The number of fused-ring (bicyclic) bond motifs is 8. The average molecular weight is 1090 g/mol. The van der Waals surface area contributed by atoms with Gasteiger partial charge in [-0.1, -0.05) is 130 Å². The molecule has 0 radical (unpaired) electrons. The van der Waals surface area contributed by atoms with Gasteiger partial charge in [0.25, 0.3) is 0 Å². The zero-order chi connectivity index (χ0) is 55.4. The summed E-state index contributed by atoms with van der Waals surface area (Å²) >= 11 is 0. The molecule has 4 aromatic carbocycles. The number of phenols is 2. The van der Waals surface area contributed by atoms with Crippen LogP contribution in [0.1, 0.15) is 268 Å². The molecule has 8 bridgehead atoms. The van der Waals surface area contributed by atoms with Crippen molar-refractivity contribution in [1.29, 1.82) is 0 Å². The molecule has 1 aliphatic carbocycles. The summed E-state index contributed by atoms with van der Waals surface area (Å²) in [4.78, 5) is 98.8. The average Bonchev–Trinajstić information content (AvgIpc) is 3.37. The Labute approximate surface area is 449 Å². The van der Waals surface area contributed by atoms with Gasteiger partial charge in [0, 0.05) is 95.9 Å². The summed E-state index contributed by atoms with van der Waals surface area (Å²) in [5.41, 5.74) is 1.50. The standard InChI is InChI=1S/C60H82O14P2/c1-5-9-13-17-21-25-53(61)41-29-45-37-49-33-43(55(63)27-23-19-15-11-7-3)35-51(59(49)73-75(67,68)69)39-47-31-42(54(62)26-22-18-14-10-6-2)32-48(58(47)66)40-52-36-44(56(64)28-24-20-16-12-8-4)34-50(38-46(30-41)57(45)65)60(52)74-76(70,71)72/h29-36,65-66H,5-28,37-40H2,1-4H3,(H2,67,68,69)(H2,70,71,72). The molecular weight excluding hydrogens is 1010 g/mol. The first kappa shape index (κ1) is 61.9. The van der Waals surface area contributed by atoms with E-state index < -0.39 is 15.6 Å². The lowest BCUT2D eigenvalue weighted by Gasteiger charge is -2.22. The monoisotopic (exact) mass is 1090 g/mol. The summed E-state index contributed by atoms with van der Waals surface area (Å²) in [6.07, 6.45) is 16.7. The highest BCUT2D eigenvalue weighted by atomic mass is 31.2. The minimum atomic E-state index is -5.37. The molecule has 0 heterocycles. The molecule has 5 rings (SSSR count). The second kappa shape index (κ2) is 30.3. The SMILES string of the molecule is CCCCCCCC(=O)c1cc2c(O)c(c1)Cc1cc(C(=O)CCCCCCC)cc(c1OP(=O)(O)O)Cc1cc(C(=O)CCCCCCC)cc(c1O)Cc1cc(C(=O)CCCCCCC)cc(c1OP(=O)(O)O)C2. The minimum Gasteiger partial charge on any atom is -0.507 e. The lowest BCUT2D eigenvalue weighted by atomic mass is 9.86. The summed E-state index contributed by atoms with van der Waals surface area (Å²) < 4.78 is 37.0. The second-order valence-electron chi connectivity index (χ2n) is 20.8. The van der Waals surface area contributed by atoms with Gasteiger partial charge in [-0.25, -0.2) is 9.13 Å². The quantitative estimate of drug-likeness (QED) is 0.0133. The predicted molar refractivity (Wildman–Crippen MR) is 296 cm³/mol. The molecule has 0 aromatic heterocycles. The van der Waals surface area contributed by atoms with E-state index in [-0.39, 0.29) is 164 Å². The molecular formula is C60H82O14P2. The highest BCUT2D eigenvalue weighted by Crippen LogP contribution is 2.47. The fourth-order valence-electron chi connectivity index (χ4n) is 10.2. The summed E-state index contributed by atoms with van der Waals surface area (Å²) in [5, 5.41) is 24.8. The zero-order valence-electron chi connectivity index (χ0n) is 45.3. The van der Waals surface area contributed by atoms with Crippen molar-refractivity contribution in [2.45, 2.75) is 207 Å². The maximum atomic E-state index is 14.2. The van der Waals surface area contributed by atoms with Crippen LogP contribution < -0.4 is 9.05 Å². The number of ketones is 4. The maximum absolute atomic E-state index is 14.2. The highest BCUT2D eigenvalue weighted by Gasteiger charge is 2.30. The van der Waals surface area contributed by atoms with Gasteiger partial charge < -0.3 is 19.3 Å². The molecule has 0 aliphatic heterocycles. The number of benzene rings is 4. The first-order valence-corrected chi connectivity index (χ1v) is 31.0. The number of carbonyl (C=O) groups is 4. The number of phenolic OH excluding ortho intramolecular Hbond substituents is 2. The molecule has 1 aliphatic rings. The van der Waals surface area contributed by atoms with E-state index in [0.717, 1.165) is 103 Å². The summed E-state index contributed by atoms with van der Waals surface area (Å²) in [7, 11) is -10.7. The van der Waals surface area contributed by atoms with Gasteiger partial charge in [0.05, 0.1) is 0 Å². The van der Waals surface area contributed by atoms with Crippen molar-refractivity contribution in [2.24, 2.45) is 0 Å². The van der Waals surface area contributed by atoms with Gasteiger partial charge in [-0.2, -0.15) is 0 Å². The summed E-state index contributed by atoms with van der Waals surface area (Å²) in [6.45, 7) is 8.36. The predicted octanol–water partition coefficient (Wildman–Crippen LogP) is 14.9. The Kier molecular flexibility index (Phi) is 24.7. The Morgan fingerprint density at radius 3 is 0.750 bits per heavy atom. The van der Waals surface area contributed by atoms with E-state index in [1.165, 1.54) is 48.5 Å². The van der Waals surface area contributed by atoms with Gasteiger partial charge >= 0.3 is 15.6 Å². The van der Waals surface area contributed by atoms with E-state index in [1.54, 1.807) is 0 Å². The third-order valence-corrected chi connectivity index (χ3v) is 15.1. The molecule has 16 heteroatoms. The number of aromatic hydroxyl groups is 2. The van der Waals surface area contributed by atoms with E-state index in [0.29, 0.717) is 25.7 Å². The lowest BCUT2D eigenvalue weighted by Crippen LogP contribution is -2.11. The lowest BCUT2D eigenvalue weighted by molar-refractivity contribution is 0.0971. The molecule has 14 nitrogen and oxygen atoms in total. The van der Waals surface area contributed by atoms with Crippen molar-refractivity contribution >= 4 is 38.8 Å². The van der Waals surface area contributed by atoms with Gasteiger partial charge in [-0.3, -0.25) is 38.8 Å². The van der Waals surface area contributed by atoms with Crippen LogP contribution in [0.2, 0.25) is 0 Å². The number of phosphoric acid groups is 2. The number of phosphoric ester groups is 2. The van der Waals surface area contributed by atoms with Crippen molar-refractivity contribution in [3.63, 3.8) is 0 Å². The van der Waals surface area contributed by atoms with Crippen LogP contribution >= 0.6 is 15.6 Å². The fraction of sp³-hybridized carbons (Fsp3) is 0.533. The van der Waals surface area contributed by atoms with Crippen LogP contribution in [-0.4, -0.2) is 52.9 Å². The normalized spacial score (nSPS) is 12.6. The van der Waals surface area contributed by atoms with Gasteiger partial charge in [0.15, 0.2) is 23.1 Å². The van der Waals surface area contributed by atoms with E-state index >= 15 is 0 Å². The zero-order valence-corrected chi connectivity index (χ0v) is 47.1. The van der Waals surface area contributed by atoms with Crippen molar-refractivity contribution in [3.8, 4) is 23.0 Å². The Balaban J connectivity index is 1.86. The van der Waals surface area contributed by atoms with Gasteiger partial charge in [0.2, 0.25) is 0 Å². The molecule has 6 N–H and O–H groups in total. The van der Waals surface area contributed by atoms with E-state index in [4.69, 9.17) is 9.05 Å². The first-order chi connectivity index (χ1) is 36.2. The number of carbonyl (C=O) groups excluding carboxylic acids is 4. The second-order valence-corrected chi connectivity index (χ2v) is 23.1. The van der Waals surface area contributed by atoms with Gasteiger partial charge in [0.1, 0.15) is 23.0 Å². The molecule has 0 saturated heterocycles. The van der Waals surface area contributed by atoms with E-state index in [9.17, 15) is 58.1 Å². The molecule has 0 saturated carbocycles. The van der Waals surface area contributed by atoms with Crippen LogP contribution in [0.15, 0.2) is 48.5 Å². The Bertz CT molecular complexity index is 2450. The number of unbranched alkanes of at least 4 members (excludes halogenated alkanes) is 16.